The molecule has 0 aliphatic heterocycles. The summed E-state index contributed by atoms with van der Waals surface area (Å²) in [6.45, 7) is 0.349. The molecule has 4 aromatic rings. The minimum atomic E-state index is 0.349. The van der Waals surface area contributed by atoms with Crippen molar-refractivity contribution in [1.82, 2.24) is 4.98 Å². The van der Waals surface area contributed by atoms with Crippen LogP contribution in [0.5, 0.6) is 11.5 Å². The molecule has 174 valence electrons. The van der Waals surface area contributed by atoms with Crippen LogP contribution in [-0.4, -0.2) is 31.7 Å². The van der Waals surface area contributed by atoms with Gasteiger partial charge >= 0.3 is 0 Å². The van der Waals surface area contributed by atoms with Gasteiger partial charge in [-0.15, -0.1) is 11.6 Å². The second-order valence-electron chi connectivity index (χ2n) is 7.36. The predicted octanol–water partition coefficient (Wildman–Crippen LogP) is 7.28. The van der Waals surface area contributed by atoms with Crippen LogP contribution in [0.2, 0.25) is 10.0 Å². The number of nitriles is 1. The molecule has 0 atom stereocenters. The number of anilines is 2. The zero-order valence-electron chi connectivity index (χ0n) is 18.4. The van der Waals surface area contributed by atoms with Gasteiger partial charge in [-0.1, -0.05) is 23.2 Å². The lowest BCUT2D eigenvalue weighted by Crippen LogP contribution is -2.20. The van der Waals surface area contributed by atoms with E-state index in [2.05, 4.69) is 11.1 Å². The molecular weight excluding hydrogens is 497 g/mol. The summed E-state index contributed by atoms with van der Waals surface area (Å²) in [4.78, 5) is 10.5. The van der Waals surface area contributed by atoms with Gasteiger partial charge in [-0.2, -0.15) is 5.26 Å². The summed E-state index contributed by atoms with van der Waals surface area (Å²) in [6.07, 6.45) is 2.19. The highest BCUT2D eigenvalue weighted by Gasteiger charge is 2.21. The summed E-state index contributed by atoms with van der Waals surface area (Å²) in [5, 5.41) is 14.3. The number of halogens is 3. The van der Waals surface area contributed by atoms with Crippen molar-refractivity contribution in [2.75, 3.05) is 31.8 Å². The molecule has 0 radical (unpaired) electrons. The van der Waals surface area contributed by atoms with E-state index in [1.54, 1.807) is 30.5 Å². The maximum absolute atomic E-state index is 9.20. The monoisotopic (exact) mass is 515 g/mol. The lowest BCUT2D eigenvalue weighted by molar-refractivity contribution is 0.135. The fourth-order valence-corrected chi connectivity index (χ4v) is 4.23. The lowest BCUT2D eigenvalue weighted by Gasteiger charge is -2.27. The van der Waals surface area contributed by atoms with Crippen LogP contribution >= 0.6 is 34.8 Å². The van der Waals surface area contributed by atoms with Crippen molar-refractivity contribution < 1.29 is 14.3 Å². The maximum Gasteiger partial charge on any atom is 0.145 e. The summed E-state index contributed by atoms with van der Waals surface area (Å²) in [5.41, 5.74) is 2.43. The highest BCUT2D eigenvalue weighted by atomic mass is 35.5. The van der Waals surface area contributed by atoms with Crippen LogP contribution in [0.4, 0.5) is 11.4 Å². The molecule has 0 saturated carbocycles. The number of fused-ring (bicyclic) bond motifs is 2. The van der Waals surface area contributed by atoms with E-state index in [1.165, 1.54) is 7.11 Å². The molecular formula is C25H20Cl3N3O3. The van der Waals surface area contributed by atoms with Gasteiger partial charge in [0.25, 0.3) is 0 Å². The predicted molar refractivity (Wildman–Crippen MR) is 137 cm³/mol. The zero-order chi connectivity index (χ0) is 24.2. The van der Waals surface area contributed by atoms with E-state index in [4.69, 9.17) is 49.1 Å². The Kier molecular flexibility index (Phi) is 7.50. The number of rotatable bonds is 8. The summed E-state index contributed by atoms with van der Waals surface area (Å²) in [7, 11) is 3.12. The Morgan fingerprint density at radius 1 is 0.882 bits per heavy atom. The standard InChI is InChI=1S/C25H20Cl3N3O3/c1-32-24-12-22(19(27)11-20(24)28)31(34-5-3-4-26)23-9-17-8-21-18(6-15(13-29)14-30-21)7-16(17)10-25(23)33-2/h6-12,14H,3-5H2,1-2H3. The molecule has 4 rings (SSSR count). The average molecular weight is 517 g/mol. The number of hydrogen-bond acceptors (Lipinski definition) is 6. The van der Waals surface area contributed by atoms with Crippen molar-refractivity contribution in [3.8, 4) is 17.6 Å². The van der Waals surface area contributed by atoms with Crippen LogP contribution in [0.15, 0.2) is 48.7 Å². The summed E-state index contributed by atoms with van der Waals surface area (Å²) >= 11 is 18.7. The van der Waals surface area contributed by atoms with E-state index in [0.717, 1.165) is 21.7 Å². The zero-order valence-corrected chi connectivity index (χ0v) is 20.7. The molecule has 1 heterocycles. The third-order valence-electron chi connectivity index (χ3n) is 5.22. The smallest absolute Gasteiger partial charge is 0.145 e. The number of nitrogens with zero attached hydrogens (tertiary/aromatic N) is 3. The molecule has 0 fully saturated rings. The highest BCUT2D eigenvalue weighted by Crippen LogP contribution is 2.43. The quantitative estimate of drug-likeness (QED) is 0.106. The van der Waals surface area contributed by atoms with Crippen molar-refractivity contribution in [2.24, 2.45) is 0 Å². The Morgan fingerprint density at radius 2 is 1.65 bits per heavy atom. The number of methoxy groups -OCH3 is 2. The van der Waals surface area contributed by atoms with Gasteiger partial charge in [-0.05, 0) is 53.6 Å². The number of ether oxygens (including phenoxy) is 2. The van der Waals surface area contributed by atoms with Crippen molar-refractivity contribution >= 4 is 67.9 Å². The van der Waals surface area contributed by atoms with Crippen LogP contribution in [-0.2, 0) is 4.84 Å². The van der Waals surface area contributed by atoms with Crippen LogP contribution in [0, 0.1) is 11.3 Å². The van der Waals surface area contributed by atoms with Gasteiger partial charge in [-0.3, -0.25) is 9.82 Å². The summed E-state index contributed by atoms with van der Waals surface area (Å²) in [5.74, 6) is 1.46. The molecule has 9 heteroatoms. The Labute approximate surface area is 212 Å². The van der Waals surface area contributed by atoms with E-state index >= 15 is 0 Å². The highest BCUT2D eigenvalue weighted by molar-refractivity contribution is 6.37. The molecule has 6 nitrogen and oxygen atoms in total. The molecule has 1 aromatic heterocycles. The van der Waals surface area contributed by atoms with Crippen LogP contribution in [0.3, 0.4) is 0 Å². The molecule has 0 saturated heterocycles. The van der Waals surface area contributed by atoms with E-state index in [0.29, 0.717) is 57.4 Å². The molecule has 0 N–H and O–H groups in total. The molecule has 0 spiro atoms. The summed E-state index contributed by atoms with van der Waals surface area (Å²) in [6, 6.07) is 15.0. The third kappa shape index (κ3) is 4.79. The maximum atomic E-state index is 9.20. The first-order chi connectivity index (χ1) is 16.5. The number of benzene rings is 3. The SMILES string of the molecule is COc1cc(N(OCCCCl)c2cc3cc4ncc(C#N)cc4cc3cc2OC)c(Cl)cc1Cl. The normalized spacial score (nSPS) is 10.9. The van der Waals surface area contributed by atoms with Gasteiger partial charge < -0.3 is 9.47 Å². The molecule has 0 bridgehead atoms. The summed E-state index contributed by atoms with van der Waals surface area (Å²) < 4.78 is 11.1. The van der Waals surface area contributed by atoms with Gasteiger partial charge in [0.2, 0.25) is 0 Å². The second kappa shape index (κ2) is 10.5. The Balaban J connectivity index is 1.91. The number of pyridine rings is 1. The number of hydrogen-bond donors (Lipinski definition) is 0. The molecule has 34 heavy (non-hydrogen) atoms. The number of aromatic nitrogens is 1. The molecule has 0 unspecified atom stereocenters. The van der Waals surface area contributed by atoms with Crippen molar-refractivity contribution in [3.63, 3.8) is 0 Å². The van der Waals surface area contributed by atoms with Crippen molar-refractivity contribution in [3.05, 3.63) is 64.3 Å². The van der Waals surface area contributed by atoms with Crippen LogP contribution in [0.1, 0.15) is 12.0 Å². The number of alkyl halides is 1. The van der Waals surface area contributed by atoms with Crippen LogP contribution in [0.25, 0.3) is 21.7 Å². The van der Waals surface area contributed by atoms with Gasteiger partial charge in [0.1, 0.15) is 23.3 Å². The fourth-order valence-electron chi connectivity index (χ4n) is 3.59. The van der Waals surface area contributed by atoms with Gasteiger partial charge in [0.05, 0.1) is 47.6 Å². The Bertz CT molecular complexity index is 1410. The first-order valence-electron chi connectivity index (χ1n) is 10.3. The van der Waals surface area contributed by atoms with Gasteiger partial charge in [0, 0.05) is 23.5 Å². The molecule has 0 aliphatic carbocycles. The van der Waals surface area contributed by atoms with Gasteiger partial charge in [-0.25, -0.2) is 5.06 Å². The fraction of sp³-hybridized carbons (Fsp3) is 0.200. The largest absolute Gasteiger partial charge is 0.495 e. The topological polar surface area (TPSA) is 67.6 Å². The Hall–Kier alpha value is -2.95. The van der Waals surface area contributed by atoms with E-state index in [9.17, 15) is 5.26 Å². The lowest BCUT2D eigenvalue weighted by atomic mass is 10.0. The first kappa shape index (κ1) is 24.2. The minimum Gasteiger partial charge on any atom is -0.495 e. The van der Waals surface area contributed by atoms with Crippen molar-refractivity contribution in [1.29, 1.82) is 5.26 Å². The Morgan fingerprint density at radius 3 is 2.35 bits per heavy atom. The molecule has 0 aliphatic rings. The second-order valence-corrected chi connectivity index (χ2v) is 8.55. The first-order valence-corrected chi connectivity index (χ1v) is 11.6. The van der Waals surface area contributed by atoms with E-state index < -0.39 is 0 Å². The third-order valence-corrected chi connectivity index (χ3v) is 6.09. The van der Waals surface area contributed by atoms with E-state index in [1.807, 2.05) is 30.3 Å². The van der Waals surface area contributed by atoms with Crippen LogP contribution < -0.4 is 14.5 Å². The molecule has 3 aromatic carbocycles. The average Bonchev–Trinajstić information content (AvgIpc) is 2.85. The van der Waals surface area contributed by atoms with E-state index in [-0.39, 0.29) is 0 Å². The minimum absolute atomic E-state index is 0.349. The molecule has 0 amide bonds. The van der Waals surface area contributed by atoms with Crippen molar-refractivity contribution in [2.45, 2.75) is 6.42 Å². The van der Waals surface area contributed by atoms with Gasteiger partial charge in [0.15, 0.2) is 0 Å².